The molecule has 26 heavy (non-hydrogen) atoms. The Balaban J connectivity index is 2.11. The molecule has 2 N–H and O–H groups in total. The molecule has 0 bridgehead atoms. The first-order chi connectivity index (χ1) is 12.1. The highest BCUT2D eigenvalue weighted by Gasteiger charge is 2.16. The van der Waals surface area contributed by atoms with Gasteiger partial charge in [-0.05, 0) is 48.4 Å². The second-order valence-electron chi connectivity index (χ2n) is 5.75. The molecule has 0 saturated carbocycles. The van der Waals surface area contributed by atoms with E-state index in [1.54, 1.807) is 48.4 Å². The highest BCUT2D eigenvalue weighted by atomic mass is 35.5. The normalized spacial score (nSPS) is 13.0. The number of likely N-dealkylation sites (N-methyl/N-ethyl adjacent to an activating group) is 1. The molecular formula is C18H18Cl2N2O3S. The van der Waals surface area contributed by atoms with Crippen LogP contribution < -0.4 is 5.14 Å². The van der Waals surface area contributed by atoms with Gasteiger partial charge in [0.25, 0.3) is 0 Å². The zero-order valence-corrected chi connectivity index (χ0v) is 16.5. The fraction of sp³-hybridized carbons (Fsp3) is 0.167. The fourth-order valence-electron chi connectivity index (χ4n) is 2.25. The van der Waals surface area contributed by atoms with E-state index in [2.05, 4.69) is 0 Å². The Hall–Kier alpha value is -1.86. The molecule has 0 heterocycles. The van der Waals surface area contributed by atoms with Gasteiger partial charge in [0, 0.05) is 13.1 Å². The van der Waals surface area contributed by atoms with Crippen molar-refractivity contribution in [2.45, 2.75) is 17.9 Å². The monoisotopic (exact) mass is 412 g/mol. The maximum atomic E-state index is 12.4. The van der Waals surface area contributed by atoms with Crippen molar-refractivity contribution in [2.75, 3.05) is 7.05 Å². The molecule has 0 aliphatic rings. The maximum Gasteiger partial charge on any atom is 0.246 e. The highest BCUT2D eigenvalue weighted by molar-refractivity contribution is 7.89. The average Bonchev–Trinajstić information content (AvgIpc) is 2.60. The van der Waals surface area contributed by atoms with Crippen LogP contribution in [0.25, 0.3) is 6.08 Å². The summed E-state index contributed by atoms with van der Waals surface area (Å²) in [6, 6.07) is 10.9. The van der Waals surface area contributed by atoms with Crippen LogP contribution in [0, 0.1) is 0 Å². The largest absolute Gasteiger partial charge is 0.335 e. The lowest BCUT2D eigenvalue weighted by Crippen LogP contribution is -2.28. The van der Waals surface area contributed by atoms with E-state index in [0.717, 1.165) is 11.1 Å². The molecule has 2 rings (SSSR count). The van der Waals surface area contributed by atoms with Crippen LogP contribution in [0.2, 0.25) is 10.0 Å². The number of amides is 1. The van der Waals surface area contributed by atoms with Gasteiger partial charge in [-0.1, -0.05) is 41.4 Å². The third kappa shape index (κ3) is 5.08. The summed E-state index contributed by atoms with van der Waals surface area (Å²) in [7, 11) is -2.07. The summed E-state index contributed by atoms with van der Waals surface area (Å²) in [5, 5.41) is 5.95. The number of nitrogens with zero attached hydrogens (tertiary/aromatic N) is 1. The molecule has 0 fully saturated rings. The van der Waals surface area contributed by atoms with E-state index < -0.39 is 10.0 Å². The molecule has 5 nitrogen and oxygen atoms in total. The summed E-state index contributed by atoms with van der Waals surface area (Å²) >= 11 is 11.8. The minimum atomic E-state index is -3.74. The molecule has 1 unspecified atom stereocenters. The Kier molecular flexibility index (Phi) is 6.47. The van der Waals surface area contributed by atoms with Crippen molar-refractivity contribution >= 4 is 45.2 Å². The number of sulfonamides is 1. The van der Waals surface area contributed by atoms with Crippen LogP contribution in [0.3, 0.4) is 0 Å². The van der Waals surface area contributed by atoms with E-state index >= 15 is 0 Å². The van der Waals surface area contributed by atoms with Gasteiger partial charge in [-0.25, -0.2) is 13.6 Å². The Labute approximate surface area is 163 Å². The van der Waals surface area contributed by atoms with Crippen LogP contribution in [0.1, 0.15) is 24.1 Å². The Morgan fingerprint density at radius 2 is 1.73 bits per heavy atom. The molecule has 0 saturated heterocycles. The summed E-state index contributed by atoms with van der Waals surface area (Å²) < 4.78 is 22.6. The standard InChI is InChI=1S/C18H18Cl2N2O3S/c1-12(14-5-7-15(8-6-14)26(21,24)25)22(2)18(23)10-4-13-3-9-16(19)17(20)11-13/h3-12H,1-2H3,(H2,21,24,25)/b10-4+. The second kappa shape index (κ2) is 8.22. The molecule has 0 aromatic heterocycles. The molecule has 2 aromatic carbocycles. The number of primary sulfonamides is 1. The first-order valence-corrected chi connectivity index (χ1v) is 9.92. The molecule has 0 radical (unpaired) electrons. The van der Waals surface area contributed by atoms with Gasteiger partial charge in [0.1, 0.15) is 0 Å². The van der Waals surface area contributed by atoms with E-state index in [1.165, 1.54) is 18.2 Å². The molecule has 8 heteroatoms. The summed E-state index contributed by atoms with van der Waals surface area (Å²) in [5.41, 5.74) is 1.54. The van der Waals surface area contributed by atoms with Gasteiger partial charge in [0.05, 0.1) is 21.0 Å². The van der Waals surface area contributed by atoms with Crippen LogP contribution in [0.5, 0.6) is 0 Å². The van der Waals surface area contributed by atoms with E-state index in [4.69, 9.17) is 28.3 Å². The molecule has 0 aliphatic heterocycles. The van der Waals surface area contributed by atoms with Crippen LogP contribution in [0.4, 0.5) is 0 Å². The van der Waals surface area contributed by atoms with Gasteiger partial charge >= 0.3 is 0 Å². The van der Waals surface area contributed by atoms with Crippen molar-refractivity contribution < 1.29 is 13.2 Å². The fourth-order valence-corrected chi connectivity index (χ4v) is 3.07. The summed E-state index contributed by atoms with van der Waals surface area (Å²) in [6.45, 7) is 1.84. The molecule has 0 spiro atoms. The predicted octanol–water partition coefficient (Wildman–Crippen LogP) is 3.87. The molecular weight excluding hydrogens is 395 g/mol. The lowest BCUT2D eigenvalue weighted by atomic mass is 10.1. The molecule has 0 aliphatic carbocycles. The second-order valence-corrected chi connectivity index (χ2v) is 8.12. The first kappa shape index (κ1) is 20.5. The SMILES string of the molecule is CC(c1ccc(S(N)(=O)=O)cc1)N(C)C(=O)/C=C/c1ccc(Cl)c(Cl)c1. The number of halogens is 2. The van der Waals surface area contributed by atoms with E-state index in [1.807, 2.05) is 6.92 Å². The zero-order valence-electron chi connectivity index (χ0n) is 14.2. The van der Waals surface area contributed by atoms with E-state index in [9.17, 15) is 13.2 Å². The number of carbonyl (C=O) groups is 1. The lowest BCUT2D eigenvalue weighted by Gasteiger charge is -2.24. The van der Waals surface area contributed by atoms with Crippen molar-refractivity contribution in [1.82, 2.24) is 4.90 Å². The van der Waals surface area contributed by atoms with Crippen LogP contribution in [-0.4, -0.2) is 26.3 Å². The molecule has 138 valence electrons. The summed E-state index contributed by atoms with van der Waals surface area (Å²) in [5.74, 6) is -0.209. The van der Waals surface area contributed by atoms with Crippen LogP contribution >= 0.6 is 23.2 Å². The quantitative estimate of drug-likeness (QED) is 0.756. The minimum absolute atomic E-state index is 0.0296. The van der Waals surface area contributed by atoms with Crippen LogP contribution in [-0.2, 0) is 14.8 Å². The Morgan fingerprint density at radius 3 is 2.27 bits per heavy atom. The molecule has 1 amide bonds. The van der Waals surface area contributed by atoms with E-state index in [0.29, 0.717) is 10.0 Å². The average molecular weight is 413 g/mol. The third-order valence-corrected chi connectivity index (χ3v) is 5.65. The lowest BCUT2D eigenvalue weighted by molar-refractivity contribution is -0.126. The number of carbonyl (C=O) groups excluding carboxylic acids is 1. The van der Waals surface area contributed by atoms with Gasteiger partial charge in [-0.2, -0.15) is 0 Å². The number of hydrogen-bond donors (Lipinski definition) is 1. The number of rotatable bonds is 5. The first-order valence-electron chi connectivity index (χ1n) is 7.62. The topological polar surface area (TPSA) is 80.5 Å². The third-order valence-electron chi connectivity index (χ3n) is 3.98. The van der Waals surface area contributed by atoms with Gasteiger partial charge in [0.15, 0.2) is 0 Å². The minimum Gasteiger partial charge on any atom is -0.335 e. The Bertz CT molecular complexity index is 941. The van der Waals surface area contributed by atoms with Crippen molar-refractivity contribution in [3.8, 4) is 0 Å². The number of benzene rings is 2. The van der Waals surface area contributed by atoms with Gasteiger partial charge in [0.2, 0.25) is 15.9 Å². The molecule has 1 atom stereocenters. The van der Waals surface area contributed by atoms with Crippen molar-refractivity contribution in [2.24, 2.45) is 5.14 Å². The maximum absolute atomic E-state index is 12.4. The zero-order chi connectivity index (χ0) is 19.5. The summed E-state index contributed by atoms with van der Waals surface area (Å²) in [6.07, 6.45) is 3.09. The highest BCUT2D eigenvalue weighted by Crippen LogP contribution is 2.24. The molecule has 2 aromatic rings. The number of hydrogen-bond acceptors (Lipinski definition) is 3. The van der Waals surface area contributed by atoms with Crippen molar-refractivity contribution in [1.29, 1.82) is 0 Å². The Morgan fingerprint density at radius 1 is 1.12 bits per heavy atom. The van der Waals surface area contributed by atoms with Crippen molar-refractivity contribution in [3.63, 3.8) is 0 Å². The summed E-state index contributed by atoms with van der Waals surface area (Å²) in [4.78, 5) is 13.9. The number of nitrogens with two attached hydrogens (primary N) is 1. The predicted molar refractivity (Wildman–Crippen MR) is 104 cm³/mol. The van der Waals surface area contributed by atoms with E-state index in [-0.39, 0.29) is 16.8 Å². The smallest absolute Gasteiger partial charge is 0.246 e. The van der Waals surface area contributed by atoms with Gasteiger partial charge in [-0.15, -0.1) is 0 Å². The van der Waals surface area contributed by atoms with Gasteiger partial charge < -0.3 is 4.90 Å². The van der Waals surface area contributed by atoms with Crippen LogP contribution in [0.15, 0.2) is 53.4 Å². The van der Waals surface area contributed by atoms with Crippen molar-refractivity contribution in [3.05, 3.63) is 69.7 Å². The van der Waals surface area contributed by atoms with Gasteiger partial charge in [-0.3, -0.25) is 4.79 Å².